The van der Waals surface area contributed by atoms with Gasteiger partial charge in [0.2, 0.25) is 0 Å². The molecule has 1 heterocycles. The fraction of sp³-hybridized carbons (Fsp3) is 0.462. The average molecular weight is 334 g/mol. The molecular formula is C13H14BrF2NO2. The molecule has 0 radical (unpaired) electrons. The second kappa shape index (κ2) is 5.45. The van der Waals surface area contributed by atoms with Crippen LogP contribution in [0.1, 0.15) is 23.2 Å². The number of carbonyl (C=O) groups is 1. The van der Waals surface area contributed by atoms with Gasteiger partial charge in [0.25, 0.3) is 5.92 Å². The van der Waals surface area contributed by atoms with Gasteiger partial charge < -0.3 is 9.64 Å². The highest BCUT2D eigenvalue weighted by molar-refractivity contribution is 9.10. The van der Waals surface area contributed by atoms with Gasteiger partial charge in [0, 0.05) is 36.1 Å². The quantitative estimate of drug-likeness (QED) is 0.776. The Morgan fingerprint density at radius 2 is 1.95 bits per heavy atom. The molecule has 0 unspecified atom stereocenters. The molecule has 2 rings (SSSR count). The van der Waals surface area contributed by atoms with Crippen molar-refractivity contribution in [3.8, 4) is 0 Å². The van der Waals surface area contributed by atoms with Crippen molar-refractivity contribution < 1.29 is 18.3 Å². The van der Waals surface area contributed by atoms with Gasteiger partial charge in [-0.05, 0) is 18.2 Å². The number of anilines is 1. The molecule has 1 aromatic carbocycles. The third kappa shape index (κ3) is 3.43. The van der Waals surface area contributed by atoms with E-state index in [4.69, 9.17) is 0 Å². The lowest BCUT2D eigenvalue weighted by atomic mass is 10.1. The van der Waals surface area contributed by atoms with E-state index in [1.54, 1.807) is 12.1 Å². The molecule has 0 bridgehead atoms. The maximum absolute atomic E-state index is 13.1. The molecule has 3 nitrogen and oxygen atoms in total. The van der Waals surface area contributed by atoms with Crippen LogP contribution in [0.5, 0.6) is 0 Å². The van der Waals surface area contributed by atoms with Crippen LogP contribution < -0.4 is 4.90 Å². The van der Waals surface area contributed by atoms with E-state index < -0.39 is 11.9 Å². The molecule has 0 spiro atoms. The molecule has 0 saturated carbocycles. The van der Waals surface area contributed by atoms with E-state index in [-0.39, 0.29) is 25.9 Å². The Morgan fingerprint density at radius 3 is 2.53 bits per heavy atom. The van der Waals surface area contributed by atoms with Crippen molar-refractivity contribution in [1.29, 1.82) is 0 Å². The molecule has 0 aromatic heterocycles. The van der Waals surface area contributed by atoms with Crippen LogP contribution in [0.25, 0.3) is 0 Å². The van der Waals surface area contributed by atoms with Gasteiger partial charge in [-0.3, -0.25) is 0 Å². The summed E-state index contributed by atoms with van der Waals surface area (Å²) in [5.74, 6) is -3.02. The number of methoxy groups -OCH3 is 1. The number of alkyl halides is 2. The molecule has 6 heteroatoms. The molecule has 0 aliphatic carbocycles. The summed E-state index contributed by atoms with van der Waals surface area (Å²) < 4.78 is 31.6. The third-order valence-corrected chi connectivity index (χ3v) is 3.62. The highest BCUT2D eigenvalue weighted by Crippen LogP contribution is 2.32. The summed E-state index contributed by atoms with van der Waals surface area (Å²) in [6, 6.07) is 5.13. The molecular weight excluding hydrogens is 320 g/mol. The largest absolute Gasteiger partial charge is 0.465 e. The first-order valence-electron chi connectivity index (χ1n) is 5.93. The van der Waals surface area contributed by atoms with Crippen LogP contribution in [0.2, 0.25) is 0 Å². The summed E-state index contributed by atoms with van der Waals surface area (Å²) in [4.78, 5) is 13.4. The van der Waals surface area contributed by atoms with Gasteiger partial charge in [0.1, 0.15) is 0 Å². The number of ether oxygens (including phenoxy) is 1. The van der Waals surface area contributed by atoms with Crippen molar-refractivity contribution in [2.75, 3.05) is 25.1 Å². The summed E-state index contributed by atoms with van der Waals surface area (Å²) in [7, 11) is 1.31. The topological polar surface area (TPSA) is 29.5 Å². The maximum atomic E-state index is 13.1. The molecule has 19 heavy (non-hydrogen) atoms. The Hall–Kier alpha value is -1.17. The zero-order chi connectivity index (χ0) is 14.0. The van der Waals surface area contributed by atoms with Crippen molar-refractivity contribution >= 4 is 27.6 Å². The number of piperidine rings is 1. The number of nitrogens with zero attached hydrogens (tertiary/aromatic N) is 1. The standard InChI is InChI=1S/C13H14BrF2NO2/c1-19-12(18)9-6-10(14)8-11(7-9)17-4-2-13(15,16)3-5-17/h6-8H,2-5H2,1H3. The number of benzene rings is 1. The zero-order valence-corrected chi connectivity index (χ0v) is 12.0. The van der Waals surface area contributed by atoms with Gasteiger partial charge in [-0.15, -0.1) is 0 Å². The Kier molecular flexibility index (Phi) is 4.08. The first-order chi connectivity index (χ1) is 8.91. The molecule has 1 aromatic rings. The van der Waals surface area contributed by atoms with Crippen molar-refractivity contribution in [3.63, 3.8) is 0 Å². The van der Waals surface area contributed by atoms with Gasteiger partial charge in [-0.25, -0.2) is 13.6 Å². The number of hydrogen-bond donors (Lipinski definition) is 0. The Labute approximate surface area is 118 Å². The highest BCUT2D eigenvalue weighted by atomic mass is 79.9. The lowest BCUT2D eigenvalue weighted by molar-refractivity contribution is -0.0220. The second-order valence-electron chi connectivity index (χ2n) is 4.53. The van der Waals surface area contributed by atoms with Crippen LogP contribution in [0.15, 0.2) is 22.7 Å². The van der Waals surface area contributed by atoms with Crippen molar-refractivity contribution in [3.05, 3.63) is 28.2 Å². The summed E-state index contributed by atoms with van der Waals surface area (Å²) in [6.07, 6.45) is -0.319. The first-order valence-corrected chi connectivity index (χ1v) is 6.72. The van der Waals surface area contributed by atoms with Gasteiger partial charge >= 0.3 is 5.97 Å². The van der Waals surface area contributed by atoms with Gasteiger partial charge in [0.15, 0.2) is 0 Å². The lowest BCUT2D eigenvalue weighted by Gasteiger charge is -2.33. The molecule has 104 valence electrons. The number of carbonyl (C=O) groups excluding carboxylic acids is 1. The normalized spacial score (nSPS) is 18.2. The van der Waals surface area contributed by atoms with E-state index in [0.717, 1.165) is 10.2 Å². The predicted molar refractivity (Wildman–Crippen MR) is 71.9 cm³/mol. The third-order valence-electron chi connectivity index (χ3n) is 3.16. The van der Waals surface area contributed by atoms with E-state index >= 15 is 0 Å². The van der Waals surface area contributed by atoms with Gasteiger partial charge in [-0.1, -0.05) is 15.9 Å². The fourth-order valence-corrected chi connectivity index (χ4v) is 2.57. The molecule has 1 aliphatic heterocycles. The average Bonchev–Trinajstić information content (AvgIpc) is 2.37. The minimum atomic E-state index is -2.58. The Balaban J connectivity index is 2.21. The SMILES string of the molecule is COC(=O)c1cc(Br)cc(N2CCC(F)(F)CC2)c1. The zero-order valence-electron chi connectivity index (χ0n) is 10.5. The van der Waals surface area contributed by atoms with Crippen LogP contribution in [0, 0.1) is 0 Å². The smallest absolute Gasteiger partial charge is 0.337 e. The minimum Gasteiger partial charge on any atom is -0.465 e. The van der Waals surface area contributed by atoms with Crippen molar-refractivity contribution in [2.45, 2.75) is 18.8 Å². The van der Waals surface area contributed by atoms with E-state index in [1.807, 2.05) is 11.0 Å². The lowest BCUT2D eigenvalue weighted by Crippen LogP contribution is -2.39. The maximum Gasteiger partial charge on any atom is 0.337 e. The molecule has 1 aliphatic rings. The first kappa shape index (κ1) is 14.2. The fourth-order valence-electron chi connectivity index (χ4n) is 2.08. The number of halogens is 3. The summed E-state index contributed by atoms with van der Waals surface area (Å²) in [5, 5.41) is 0. The van der Waals surface area contributed by atoms with Crippen LogP contribution in [0.4, 0.5) is 14.5 Å². The minimum absolute atomic E-state index is 0.160. The van der Waals surface area contributed by atoms with E-state index in [9.17, 15) is 13.6 Å². The summed E-state index contributed by atoms with van der Waals surface area (Å²) in [5.41, 5.74) is 1.16. The Bertz CT molecular complexity index is 484. The monoisotopic (exact) mass is 333 g/mol. The van der Waals surface area contributed by atoms with E-state index in [2.05, 4.69) is 20.7 Å². The molecule has 0 N–H and O–H groups in total. The van der Waals surface area contributed by atoms with Crippen molar-refractivity contribution in [2.24, 2.45) is 0 Å². The Morgan fingerprint density at radius 1 is 1.32 bits per heavy atom. The predicted octanol–water partition coefficient (Wildman–Crippen LogP) is 3.47. The molecule has 0 atom stereocenters. The van der Waals surface area contributed by atoms with E-state index in [1.165, 1.54) is 7.11 Å². The molecule has 1 saturated heterocycles. The molecule has 0 amide bonds. The van der Waals surface area contributed by atoms with Crippen LogP contribution >= 0.6 is 15.9 Å². The van der Waals surface area contributed by atoms with Crippen molar-refractivity contribution in [1.82, 2.24) is 0 Å². The van der Waals surface area contributed by atoms with Crippen LogP contribution in [-0.2, 0) is 4.74 Å². The van der Waals surface area contributed by atoms with Crippen LogP contribution in [0.3, 0.4) is 0 Å². The van der Waals surface area contributed by atoms with Gasteiger partial charge in [0.05, 0.1) is 12.7 Å². The van der Waals surface area contributed by atoms with Crippen LogP contribution in [-0.4, -0.2) is 32.1 Å². The highest BCUT2D eigenvalue weighted by Gasteiger charge is 2.34. The van der Waals surface area contributed by atoms with Gasteiger partial charge in [-0.2, -0.15) is 0 Å². The number of esters is 1. The van der Waals surface area contributed by atoms with E-state index in [0.29, 0.717) is 5.56 Å². The summed E-state index contributed by atoms with van der Waals surface area (Å²) >= 11 is 3.32. The second-order valence-corrected chi connectivity index (χ2v) is 5.45. The summed E-state index contributed by atoms with van der Waals surface area (Å²) in [6.45, 7) is 0.564. The molecule has 1 fully saturated rings. The number of hydrogen-bond acceptors (Lipinski definition) is 3. The number of rotatable bonds is 2.